The normalized spacial score (nSPS) is 13.6. The van der Waals surface area contributed by atoms with Crippen molar-refractivity contribution in [1.82, 2.24) is 0 Å². The van der Waals surface area contributed by atoms with Crippen molar-refractivity contribution in [2.75, 3.05) is 11.4 Å². The van der Waals surface area contributed by atoms with Gasteiger partial charge in [0.1, 0.15) is 0 Å². The lowest BCUT2D eigenvalue weighted by molar-refractivity contribution is -0.305. The van der Waals surface area contributed by atoms with Crippen molar-refractivity contribution in [2.45, 2.75) is 19.3 Å². The zero-order chi connectivity index (χ0) is 11.5. The van der Waals surface area contributed by atoms with E-state index in [2.05, 4.69) is 0 Å². The van der Waals surface area contributed by atoms with E-state index >= 15 is 0 Å². The fourth-order valence-corrected chi connectivity index (χ4v) is 1.94. The van der Waals surface area contributed by atoms with Crippen LogP contribution in [0.5, 0.6) is 0 Å². The fourth-order valence-electron chi connectivity index (χ4n) is 1.94. The Bertz CT molecular complexity index is 428. The molecule has 0 unspecified atom stereocenters. The highest BCUT2D eigenvalue weighted by atomic mass is 16.4. The van der Waals surface area contributed by atoms with Gasteiger partial charge in [-0.25, -0.2) is 0 Å². The Kier molecular flexibility index (Phi) is 2.90. The maximum absolute atomic E-state index is 11.7. The number of fused-ring (bicyclic) bond motifs is 1. The summed E-state index contributed by atoms with van der Waals surface area (Å²) in [7, 11) is 0. The number of amides is 1. The molecule has 2 rings (SSSR count). The van der Waals surface area contributed by atoms with E-state index in [0.717, 1.165) is 17.7 Å². The van der Waals surface area contributed by atoms with Gasteiger partial charge in [0.05, 0.1) is 0 Å². The van der Waals surface area contributed by atoms with Crippen LogP contribution in [0.15, 0.2) is 24.3 Å². The summed E-state index contributed by atoms with van der Waals surface area (Å²) in [5, 5.41) is 10.3. The molecule has 1 aliphatic heterocycles. The number of anilines is 1. The molecule has 0 fully saturated rings. The predicted octanol–water partition coefficient (Wildman–Crippen LogP) is 0.106. The monoisotopic (exact) mass is 218 g/mol. The lowest BCUT2D eigenvalue weighted by Crippen LogP contribution is -2.31. The first kappa shape index (κ1) is 10.7. The van der Waals surface area contributed by atoms with Crippen LogP contribution in [-0.4, -0.2) is 18.4 Å². The number of hydrogen-bond donors (Lipinski definition) is 0. The van der Waals surface area contributed by atoms with Crippen LogP contribution in [0, 0.1) is 0 Å². The van der Waals surface area contributed by atoms with Gasteiger partial charge in [-0.3, -0.25) is 4.79 Å². The van der Waals surface area contributed by atoms with Crippen LogP contribution in [0.2, 0.25) is 0 Å². The van der Waals surface area contributed by atoms with E-state index in [1.807, 2.05) is 24.3 Å². The first-order chi connectivity index (χ1) is 7.68. The molecule has 1 amide bonds. The molecule has 0 aromatic heterocycles. The molecule has 0 saturated carbocycles. The number of para-hydroxylation sites is 1. The van der Waals surface area contributed by atoms with E-state index in [-0.39, 0.29) is 18.7 Å². The molecule has 0 aliphatic carbocycles. The van der Waals surface area contributed by atoms with Crippen molar-refractivity contribution in [3.05, 3.63) is 29.8 Å². The Morgan fingerprint density at radius 3 is 2.75 bits per heavy atom. The number of nitrogens with zero attached hydrogens (tertiary/aromatic N) is 1. The van der Waals surface area contributed by atoms with Gasteiger partial charge in [-0.05, 0) is 24.5 Å². The van der Waals surface area contributed by atoms with E-state index in [1.165, 1.54) is 0 Å². The number of benzene rings is 1. The molecule has 0 N–H and O–H groups in total. The Labute approximate surface area is 93.5 Å². The highest BCUT2D eigenvalue weighted by Crippen LogP contribution is 2.27. The van der Waals surface area contributed by atoms with E-state index in [9.17, 15) is 14.7 Å². The van der Waals surface area contributed by atoms with Crippen molar-refractivity contribution >= 4 is 17.6 Å². The first-order valence-electron chi connectivity index (χ1n) is 5.26. The van der Waals surface area contributed by atoms with Gasteiger partial charge in [-0.1, -0.05) is 18.2 Å². The molecule has 0 saturated heterocycles. The van der Waals surface area contributed by atoms with Crippen molar-refractivity contribution in [3.63, 3.8) is 0 Å². The van der Waals surface area contributed by atoms with Gasteiger partial charge in [0.15, 0.2) is 0 Å². The molecule has 1 aromatic rings. The largest absolute Gasteiger partial charge is 0.550 e. The minimum absolute atomic E-state index is 0.0106. The second-order valence-corrected chi connectivity index (χ2v) is 3.80. The van der Waals surface area contributed by atoms with E-state index in [1.54, 1.807) is 4.90 Å². The summed E-state index contributed by atoms with van der Waals surface area (Å²) in [4.78, 5) is 23.7. The molecule has 4 heteroatoms. The van der Waals surface area contributed by atoms with Crippen LogP contribution >= 0.6 is 0 Å². The summed E-state index contributed by atoms with van der Waals surface area (Å²) in [6.07, 6.45) is 0.640. The highest BCUT2D eigenvalue weighted by molar-refractivity contribution is 5.96. The molecule has 0 bridgehead atoms. The lowest BCUT2D eigenvalue weighted by atomic mass is 10.2. The second-order valence-electron chi connectivity index (χ2n) is 3.80. The number of hydrogen-bond acceptors (Lipinski definition) is 3. The molecule has 1 heterocycles. The Balaban J connectivity index is 2.07. The average Bonchev–Trinajstić information content (AvgIpc) is 2.69. The van der Waals surface area contributed by atoms with Gasteiger partial charge in [-0.2, -0.15) is 0 Å². The Morgan fingerprint density at radius 1 is 1.25 bits per heavy atom. The third-order valence-electron chi connectivity index (χ3n) is 2.73. The Morgan fingerprint density at radius 2 is 2.00 bits per heavy atom. The van der Waals surface area contributed by atoms with Crippen molar-refractivity contribution in [3.8, 4) is 0 Å². The predicted molar refractivity (Wildman–Crippen MR) is 56.7 cm³/mol. The minimum atomic E-state index is -1.18. The first-order valence-corrected chi connectivity index (χ1v) is 5.26. The van der Waals surface area contributed by atoms with Crippen molar-refractivity contribution in [1.29, 1.82) is 0 Å². The minimum Gasteiger partial charge on any atom is -0.550 e. The smallest absolute Gasteiger partial charge is 0.227 e. The summed E-state index contributed by atoms with van der Waals surface area (Å²) in [5.74, 6) is -1.32. The van der Waals surface area contributed by atoms with Crippen molar-refractivity contribution in [2.24, 2.45) is 0 Å². The van der Waals surface area contributed by atoms with E-state index in [0.29, 0.717) is 6.54 Å². The topological polar surface area (TPSA) is 60.4 Å². The van der Waals surface area contributed by atoms with Crippen LogP contribution in [-0.2, 0) is 16.0 Å². The zero-order valence-electron chi connectivity index (χ0n) is 8.81. The highest BCUT2D eigenvalue weighted by Gasteiger charge is 2.23. The van der Waals surface area contributed by atoms with Crippen LogP contribution in [0.3, 0.4) is 0 Å². The maximum Gasteiger partial charge on any atom is 0.227 e. The molecule has 84 valence electrons. The number of rotatable bonds is 3. The molecule has 1 aromatic carbocycles. The third-order valence-corrected chi connectivity index (χ3v) is 2.73. The third kappa shape index (κ3) is 2.05. The van der Waals surface area contributed by atoms with Gasteiger partial charge in [0.2, 0.25) is 5.91 Å². The number of carbonyl (C=O) groups is 2. The number of carboxylic acid groups (broad SMARTS) is 1. The summed E-state index contributed by atoms with van der Waals surface area (Å²) in [6, 6.07) is 7.69. The van der Waals surface area contributed by atoms with Gasteiger partial charge < -0.3 is 14.8 Å². The fraction of sp³-hybridized carbons (Fsp3) is 0.333. The quantitative estimate of drug-likeness (QED) is 0.723. The van der Waals surface area contributed by atoms with E-state index in [4.69, 9.17) is 0 Å². The summed E-state index contributed by atoms with van der Waals surface area (Å²) >= 11 is 0. The number of carbonyl (C=O) groups excluding carboxylic acids is 2. The lowest BCUT2D eigenvalue weighted by Gasteiger charge is -2.17. The van der Waals surface area contributed by atoms with Crippen LogP contribution in [0.4, 0.5) is 5.69 Å². The standard InChI is InChI=1S/C12H13NO3/c14-11(5-6-12(15)16)13-8-7-9-3-1-2-4-10(9)13/h1-4H,5-8H2,(H,15,16)/p-1. The van der Waals surface area contributed by atoms with Gasteiger partial charge in [0.25, 0.3) is 0 Å². The molecule has 16 heavy (non-hydrogen) atoms. The average molecular weight is 218 g/mol. The zero-order valence-corrected chi connectivity index (χ0v) is 8.81. The summed E-state index contributed by atoms with van der Waals surface area (Å²) < 4.78 is 0. The van der Waals surface area contributed by atoms with Gasteiger partial charge in [-0.15, -0.1) is 0 Å². The van der Waals surface area contributed by atoms with Crippen LogP contribution in [0.25, 0.3) is 0 Å². The van der Waals surface area contributed by atoms with Crippen LogP contribution < -0.4 is 10.0 Å². The summed E-state index contributed by atoms with van der Waals surface area (Å²) in [6.45, 7) is 0.644. The van der Waals surface area contributed by atoms with E-state index < -0.39 is 5.97 Å². The number of aliphatic carboxylic acids is 1. The molecule has 0 atom stereocenters. The molecular formula is C12H12NO3-. The van der Waals surface area contributed by atoms with Gasteiger partial charge in [0, 0.05) is 24.6 Å². The Hall–Kier alpha value is -1.84. The summed E-state index contributed by atoms with van der Waals surface area (Å²) in [5.41, 5.74) is 2.05. The second kappa shape index (κ2) is 4.35. The molecule has 0 radical (unpaired) electrons. The van der Waals surface area contributed by atoms with Crippen LogP contribution in [0.1, 0.15) is 18.4 Å². The SMILES string of the molecule is O=C([O-])CCC(=O)N1CCc2ccccc21. The molecule has 4 nitrogen and oxygen atoms in total. The molecular weight excluding hydrogens is 206 g/mol. The van der Waals surface area contributed by atoms with Gasteiger partial charge >= 0.3 is 0 Å². The van der Waals surface area contributed by atoms with Crippen molar-refractivity contribution < 1.29 is 14.7 Å². The number of carboxylic acids is 1. The molecule has 1 aliphatic rings. The molecule has 0 spiro atoms. The maximum atomic E-state index is 11.7.